The summed E-state index contributed by atoms with van der Waals surface area (Å²) in [6.07, 6.45) is -2.27. The average molecular weight is 397 g/mol. The van der Waals surface area contributed by atoms with Crippen LogP contribution in [0.3, 0.4) is 0 Å². The number of nitrogens with zero attached hydrogens (tertiary/aromatic N) is 1. The number of hydrogen-bond donors (Lipinski definition) is 0. The zero-order valence-corrected chi connectivity index (χ0v) is 14.5. The topological polar surface area (TPSA) is 22.1 Å². The third kappa shape index (κ3) is 5.58. The van der Waals surface area contributed by atoms with Gasteiger partial charge in [-0.2, -0.15) is 13.2 Å². The van der Waals surface area contributed by atoms with E-state index >= 15 is 0 Å². The van der Waals surface area contributed by atoms with Crippen molar-refractivity contribution in [2.45, 2.75) is 16.9 Å². The summed E-state index contributed by atoms with van der Waals surface area (Å²) in [6.45, 7) is 1.76. The average Bonchev–Trinajstić information content (AvgIpc) is 2.45. The fourth-order valence-corrected chi connectivity index (χ4v) is 2.35. The Kier molecular flexibility index (Phi) is 5.68. The number of pyridine rings is 1. The maximum Gasteiger partial charge on any atom is 0.417 e. The van der Waals surface area contributed by atoms with Crippen LogP contribution in [0.2, 0.25) is 0 Å². The molecular formula is C16H11Cl3F3NO. The molecule has 0 fully saturated rings. The summed E-state index contributed by atoms with van der Waals surface area (Å²) >= 11 is 17.2. The van der Waals surface area contributed by atoms with Gasteiger partial charge in [0.15, 0.2) is 0 Å². The first-order valence-electron chi connectivity index (χ1n) is 6.62. The molecule has 2 nitrogen and oxygen atoms in total. The molecule has 0 aliphatic heterocycles. The molecule has 2 rings (SSSR count). The molecule has 0 radical (unpaired) electrons. The van der Waals surface area contributed by atoms with Gasteiger partial charge in [0.05, 0.1) is 5.56 Å². The number of halogens is 6. The first-order valence-corrected chi connectivity index (χ1v) is 7.76. The van der Waals surface area contributed by atoms with Crippen molar-refractivity contribution < 1.29 is 17.9 Å². The van der Waals surface area contributed by atoms with Crippen molar-refractivity contribution >= 4 is 40.4 Å². The number of benzene rings is 1. The Labute approximate surface area is 151 Å². The third-order valence-electron chi connectivity index (χ3n) is 2.96. The normalized spacial score (nSPS) is 13.0. The van der Waals surface area contributed by atoms with Crippen LogP contribution >= 0.6 is 34.8 Å². The van der Waals surface area contributed by atoms with Crippen molar-refractivity contribution in [3.8, 4) is 11.6 Å². The lowest BCUT2D eigenvalue weighted by Gasteiger charge is -2.10. The van der Waals surface area contributed by atoms with E-state index in [9.17, 15) is 13.2 Å². The van der Waals surface area contributed by atoms with E-state index in [0.29, 0.717) is 17.5 Å². The molecule has 0 saturated heterocycles. The van der Waals surface area contributed by atoms with Crippen LogP contribution in [0.25, 0.3) is 5.57 Å². The molecule has 2 aromatic rings. The summed E-state index contributed by atoms with van der Waals surface area (Å²) in [6, 6.07) is 8.87. The Balaban J connectivity index is 2.19. The summed E-state index contributed by atoms with van der Waals surface area (Å²) < 4.78 is 41.4. The van der Waals surface area contributed by atoms with E-state index in [-0.39, 0.29) is 5.88 Å². The van der Waals surface area contributed by atoms with Crippen LogP contribution in [0.1, 0.15) is 18.1 Å². The fraction of sp³-hybridized carbons (Fsp3) is 0.188. The van der Waals surface area contributed by atoms with Crippen LogP contribution in [-0.4, -0.2) is 8.78 Å². The standard InChI is InChI=1S/C16H11Cl3F3NO/c1-10(8-15(17,18)19)11-3-2-4-13(7-11)24-14-6-5-12(9-23-14)16(20,21)22/h2-9H,1H3. The number of ether oxygens (including phenoxy) is 1. The van der Waals surface area contributed by atoms with Gasteiger partial charge in [0.2, 0.25) is 9.67 Å². The maximum atomic E-state index is 12.5. The number of rotatable bonds is 3. The highest BCUT2D eigenvalue weighted by molar-refractivity contribution is 6.69. The number of hydrogen-bond acceptors (Lipinski definition) is 2. The molecule has 0 N–H and O–H groups in total. The van der Waals surface area contributed by atoms with Gasteiger partial charge in [-0.3, -0.25) is 0 Å². The molecule has 0 saturated carbocycles. The summed E-state index contributed by atoms with van der Waals surface area (Å²) in [5, 5.41) is 0. The summed E-state index contributed by atoms with van der Waals surface area (Å²) in [5.41, 5.74) is 0.608. The Morgan fingerprint density at radius 2 is 1.83 bits per heavy atom. The van der Waals surface area contributed by atoms with E-state index in [4.69, 9.17) is 39.5 Å². The molecule has 128 valence electrons. The van der Waals surface area contributed by atoms with Crippen molar-refractivity contribution in [3.05, 3.63) is 59.8 Å². The molecule has 0 unspecified atom stereocenters. The van der Waals surface area contributed by atoms with Gasteiger partial charge in [0, 0.05) is 12.3 Å². The maximum absolute atomic E-state index is 12.5. The molecule has 0 aliphatic rings. The smallest absolute Gasteiger partial charge is 0.417 e. The van der Waals surface area contributed by atoms with Crippen LogP contribution < -0.4 is 4.74 Å². The lowest BCUT2D eigenvalue weighted by atomic mass is 10.1. The molecule has 1 aromatic carbocycles. The molecule has 0 spiro atoms. The Hall–Kier alpha value is -1.43. The van der Waals surface area contributed by atoms with E-state index in [1.165, 1.54) is 6.08 Å². The predicted octanol–water partition coefficient (Wildman–Crippen LogP) is 6.67. The first kappa shape index (κ1) is 18.9. The molecule has 24 heavy (non-hydrogen) atoms. The van der Waals surface area contributed by atoms with Crippen LogP contribution in [0, 0.1) is 0 Å². The van der Waals surface area contributed by atoms with Crippen LogP contribution in [-0.2, 0) is 6.18 Å². The number of aromatic nitrogens is 1. The molecule has 0 bridgehead atoms. The summed E-state index contributed by atoms with van der Waals surface area (Å²) in [5.74, 6) is 0.444. The molecule has 1 aromatic heterocycles. The molecule has 0 amide bonds. The second-order valence-corrected chi connectivity index (χ2v) is 7.25. The van der Waals surface area contributed by atoms with Gasteiger partial charge in [-0.15, -0.1) is 0 Å². The van der Waals surface area contributed by atoms with E-state index in [1.807, 2.05) is 0 Å². The second-order valence-electron chi connectivity index (χ2n) is 4.88. The highest BCUT2D eigenvalue weighted by Gasteiger charge is 2.30. The van der Waals surface area contributed by atoms with Gasteiger partial charge >= 0.3 is 6.18 Å². The summed E-state index contributed by atoms with van der Waals surface area (Å²) in [7, 11) is 0. The SMILES string of the molecule is CC(=CC(Cl)(Cl)Cl)c1cccc(Oc2ccc(C(F)(F)F)cn2)c1. The molecule has 8 heteroatoms. The van der Waals surface area contributed by atoms with Gasteiger partial charge in [0.1, 0.15) is 5.75 Å². The summed E-state index contributed by atoms with van der Waals surface area (Å²) in [4.78, 5) is 3.65. The van der Waals surface area contributed by atoms with Crippen LogP contribution in [0.5, 0.6) is 11.6 Å². The molecule has 0 atom stereocenters. The predicted molar refractivity (Wildman–Crippen MR) is 89.7 cm³/mol. The van der Waals surface area contributed by atoms with Crippen molar-refractivity contribution in [1.82, 2.24) is 4.98 Å². The van der Waals surface area contributed by atoms with Gasteiger partial charge in [-0.25, -0.2) is 4.98 Å². The Morgan fingerprint density at radius 3 is 2.38 bits per heavy atom. The van der Waals surface area contributed by atoms with E-state index in [0.717, 1.165) is 17.7 Å². The zero-order valence-electron chi connectivity index (χ0n) is 12.2. The van der Waals surface area contributed by atoms with Gasteiger partial charge < -0.3 is 4.74 Å². The zero-order chi connectivity index (χ0) is 18.0. The minimum Gasteiger partial charge on any atom is -0.439 e. The van der Waals surface area contributed by atoms with Gasteiger partial charge in [-0.1, -0.05) is 46.9 Å². The lowest BCUT2D eigenvalue weighted by Crippen LogP contribution is -2.05. The van der Waals surface area contributed by atoms with E-state index in [2.05, 4.69) is 4.98 Å². The number of alkyl halides is 6. The number of allylic oxidation sites excluding steroid dienone is 2. The molecule has 1 heterocycles. The van der Waals surface area contributed by atoms with E-state index in [1.54, 1.807) is 31.2 Å². The van der Waals surface area contributed by atoms with Crippen molar-refractivity contribution in [3.63, 3.8) is 0 Å². The minimum absolute atomic E-state index is 0.0446. The van der Waals surface area contributed by atoms with Crippen molar-refractivity contribution in [2.75, 3.05) is 0 Å². The fourth-order valence-electron chi connectivity index (χ4n) is 1.86. The monoisotopic (exact) mass is 395 g/mol. The Bertz CT molecular complexity index is 737. The first-order chi connectivity index (χ1) is 11.0. The largest absolute Gasteiger partial charge is 0.439 e. The van der Waals surface area contributed by atoms with Crippen molar-refractivity contribution in [1.29, 1.82) is 0 Å². The second kappa shape index (κ2) is 7.21. The minimum atomic E-state index is -4.44. The van der Waals surface area contributed by atoms with Gasteiger partial charge in [0.25, 0.3) is 0 Å². The van der Waals surface area contributed by atoms with E-state index < -0.39 is 15.5 Å². The highest BCUT2D eigenvalue weighted by atomic mass is 35.6. The van der Waals surface area contributed by atoms with Crippen LogP contribution in [0.15, 0.2) is 48.7 Å². The Morgan fingerprint density at radius 1 is 1.12 bits per heavy atom. The third-order valence-corrected chi connectivity index (χ3v) is 3.28. The lowest BCUT2D eigenvalue weighted by molar-refractivity contribution is -0.137. The highest BCUT2D eigenvalue weighted by Crippen LogP contribution is 2.33. The molecular weight excluding hydrogens is 386 g/mol. The van der Waals surface area contributed by atoms with Crippen molar-refractivity contribution in [2.24, 2.45) is 0 Å². The molecule has 0 aliphatic carbocycles. The van der Waals surface area contributed by atoms with Gasteiger partial charge in [-0.05, 0) is 42.3 Å². The van der Waals surface area contributed by atoms with Crippen LogP contribution in [0.4, 0.5) is 13.2 Å². The quantitative estimate of drug-likeness (QED) is 0.541.